The summed E-state index contributed by atoms with van der Waals surface area (Å²) in [7, 11) is 1.18. The molecule has 1 aromatic carbocycles. The van der Waals surface area contributed by atoms with Crippen molar-refractivity contribution in [2.45, 2.75) is 11.7 Å². The molecule has 1 aromatic rings. The zero-order valence-electron chi connectivity index (χ0n) is 10.5. The highest BCUT2D eigenvalue weighted by Gasteiger charge is 2.48. The molecule has 0 fully saturated rings. The largest absolute Gasteiger partial charge is 0.466 e. The molecule has 0 aliphatic carbocycles. The summed E-state index contributed by atoms with van der Waals surface area (Å²) in [5, 5.41) is 18.9. The molecule has 0 N–H and O–H groups in total. The van der Waals surface area contributed by atoms with E-state index in [1.165, 1.54) is 13.2 Å². The molecule has 0 bridgehead atoms. The van der Waals surface area contributed by atoms with Crippen molar-refractivity contribution in [3.8, 4) is 12.1 Å². The highest BCUT2D eigenvalue weighted by Crippen LogP contribution is 2.38. The molecule has 0 radical (unpaired) electrons. The van der Waals surface area contributed by atoms with Crippen LogP contribution in [0.5, 0.6) is 0 Å². The molecule has 100 valence electrons. The second kappa shape index (κ2) is 5.34. The smallest absolute Gasteiger partial charge is 0.338 e. The molecule has 20 heavy (non-hydrogen) atoms. The van der Waals surface area contributed by atoms with Gasteiger partial charge in [0.1, 0.15) is 18.2 Å². The van der Waals surface area contributed by atoms with Crippen LogP contribution < -0.4 is 0 Å². The number of nitriles is 2. The molecule has 0 saturated carbocycles. The van der Waals surface area contributed by atoms with Crippen LogP contribution in [0.15, 0.2) is 35.9 Å². The first kappa shape index (κ1) is 14.1. The van der Waals surface area contributed by atoms with Crippen LogP contribution in [0.25, 0.3) is 0 Å². The van der Waals surface area contributed by atoms with Gasteiger partial charge in [-0.3, -0.25) is 0 Å². The topological polar surface area (TPSA) is 83.1 Å². The maximum atomic E-state index is 11.7. The molecule has 1 aliphatic heterocycles. The summed E-state index contributed by atoms with van der Waals surface area (Å²) in [6.07, 6.45) is 0.738. The number of hydrogen-bond acceptors (Lipinski definition) is 5. The first-order chi connectivity index (χ1) is 9.56. The van der Waals surface area contributed by atoms with Crippen LogP contribution in [0.2, 0.25) is 5.02 Å². The van der Waals surface area contributed by atoms with E-state index >= 15 is 0 Å². The fourth-order valence-corrected chi connectivity index (χ4v) is 2.02. The molecule has 0 aromatic heterocycles. The third-order valence-electron chi connectivity index (χ3n) is 2.92. The number of rotatable bonds is 2. The zero-order valence-corrected chi connectivity index (χ0v) is 11.2. The molecule has 5 nitrogen and oxygen atoms in total. The van der Waals surface area contributed by atoms with Crippen molar-refractivity contribution in [3.63, 3.8) is 0 Å². The predicted octanol–water partition coefficient (Wildman–Crippen LogP) is 2.30. The zero-order chi connectivity index (χ0) is 14.8. The second-order valence-corrected chi connectivity index (χ2v) is 4.50. The number of benzene rings is 1. The second-order valence-electron chi connectivity index (χ2n) is 4.07. The Bertz CT molecular complexity index is 638. The van der Waals surface area contributed by atoms with Crippen LogP contribution >= 0.6 is 11.6 Å². The van der Waals surface area contributed by atoms with Gasteiger partial charge in [0.05, 0.1) is 12.7 Å². The van der Waals surface area contributed by atoms with Gasteiger partial charge in [0, 0.05) is 5.02 Å². The lowest BCUT2D eigenvalue weighted by atomic mass is 9.98. The standard InChI is InChI=1S/C14H9ClN2O3/c1-19-13(18)11-6-12(20-14(11,7-16)8-17)9-2-4-10(15)5-3-9/h2-6,12H,1H3/t12-/m0/s1. The van der Waals surface area contributed by atoms with Gasteiger partial charge in [-0.25, -0.2) is 4.79 Å². The van der Waals surface area contributed by atoms with Crippen molar-refractivity contribution < 1.29 is 14.3 Å². The molecule has 0 amide bonds. The average molecular weight is 289 g/mol. The fraction of sp³-hybridized carbons (Fsp3) is 0.214. The molecule has 0 unspecified atom stereocenters. The molecular weight excluding hydrogens is 280 g/mol. The predicted molar refractivity (Wildman–Crippen MR) is 69.3 cm³/mol. The lowest BCUT2D eigenvalue weighted by molar-refractivity contribution is -0.137. The van der Waals surface area contributed by atoms with Gasteiger partial charge in [0.25, 0.3) is 5.60 Å². The highest BCUT2D eigenvalue weighted by atomic mass is 35.5. The van der Waals surface area contributed by atoms with E-state index in [-0.39, 0.29) is 5.57 Å². The van der Waals surface area contributed by atoms with Gasteiger partial charge in [0.15, 0.2) is 0 Å². The number of carbonyl (C=O) groups is 1. The Hall–Kier alpha value is -2.34. The van der Waals surface area contributed by atoms with Crippen LogP contribution in [0.4, 0.5) is 0 Å². The fourth-order valence-electron chi connectivity index (χ4n) is 1.89. The lowest BCUT2D eigenvalue weighted by Gasteiger charge is -2.17. The highest BCUT2D eigenvalue weighted by molar-refractivity contribution is 6.30. The Morgan fingerprint density at radius 1 is 1.35 bits per heavy atom. The van der Waals surface area contributed by atoms with Crippen molar-refractivity contribution in [1.82, 2.24) is 0 Å². The molecular formula is C14H9ClN2O3. The maximum Gasteiger partial charge on any atom is 0.338 e. The molecule has 1 atom stereocenters. The molecule has 6 heteroatoms. The quantitative estimate of drug-likeness (QED) is 0.780. The summed E-state index contributed by atoms with van der Waals surface area (Å²) in [5.74, 6) is -0.760. The summed E-state index contributed by atoms with van der Waals surface area (Å²) < 4.78 is 10.0. The number of ether oxygens (including phenoxy) is 2. The average Bonchev–Trinajstić information content (AvgIpc) is 2.87. The summed E-state index contributed by atoms with van der Waals surface area (Å²) >= 11 is 5.80. The Balaban J connectivity index is 2.44. The van der Waals surface area contributed by atoms with Gasteiger partial charge >= 0.3 is 5.97 Å². The number of esters is 1. The van der Waals surface area contributed by atoms with Crippen molar-refractivity contribution in [2.24, 2.45) is 0 Å². The van der Waals surface area contributed by atoms with Crippen LogP contribution in [0.1, 0.15) is 11.7 Å². The van der Waals surface area contributed by atoms with Crippen molar-refractivity contribution in [2.75, 3.05) is 7.11 Å². The van der Waals surface area contributed by atoms with Gasteiger partial charge in [-0.15, -0.1) is 0 Å². The molecule has 0 spiro atoms. The van der Waals surface area contributed by atoms with Gasteiger partial charge in [-0.1, -0.05) is 23.7 Å². The van der Waals surface area contributed by atoms with E-state index in [2.05, 4.69) is 4.74 Å². The molecule has 1 aliphatic rings. The minimum atomic E-state index is -1.95. The van der Waals surface area contributed by atoms with Crippen molar-refractivity contribution in [3.05, 3.63) is 46.5 Å². The summed E-state index contributed by atoms with van der Waals surface area (Å²) in [6.45, 7) is 0. The Morgan fingerprint density at radius 2 is 1.95 bits per heavy atom. The monoisotopic (exact) mass is 288 g/mol. The van der Waals surface area contributed by atoms with Crippen molar-refractivity contribution >= 4 is 17.6 Å². The van der Waals surface area contributed by atoms with Gasteiger partial charge < -0.3 is 9.47 Å². The molecule has 1 heterocycles. The van der Waals surface area contributed by atoms with E-state index in [4.69, 9.17) is 16.3 Å². The number of hydrogen-bond donors (Lipinski definition) is 0. The number of carbonyl (C=O) groups excluding carboxylic acids is 1. The van der Waals surface area contributed by atoms with E-state index in [1.54, 1.807) is 36.4 Å². The first-order valence-electron chi connectivity index (χ1n) is 5.62. The lowest BCUT2D eigenvalue weighted by Crippen LogP contribution is -2.31. The van der Waals surface area contributed by atoms with Crippen LogP contribution in [0, 0.1) is 22.7 Å². The minimum Gasteiger partial charge on any atom is -0.466 e. The van der Waals surface area contributed by atoms with E-state index in [0.29, 0.717) is 10.6 Å². The summed E-state index contributed by atoms with van der Waals surface area (Å²) in [5.41, 5.74) is -1.37. The molecule has 0 saturated heterocycles. The van der Waals surface area contributed by atoms with E-state index in [1.807, 2.05) is 0 Å². The van der Waals surface area contributed by atoms with E-state index in [9.17, 15) is 15.3 Å². The Labute approximate surface area is 120 Å². The number of methoxy groups -OCH3 is 1. The number of nitrogens with zero attached hydrogens (tertiary/aromatic N) is 2. The van der Waals surface area contributed by atoms with Gasteiger partial charge in [-0.2, -0.15) is 10.5 Å². The third-order valence-corrected chi connectivity index (χ3v) is 3.17. The van der Waals surface area contributed by atoms with E-state index in [0.717, 1.165) is 0 Å². The van der Waals surface area contributed by atoms with Crippen LogP contribution in [-0.2, 0) is 14.3 Å². The normalized spacial score (nSPS) is 19.6. The van der Waals surface area contributed by atoms with Gasteiger partial charge in [-0.05, 0) is 23.8 Å². The van der Waals surface area contributed by atoms with E-state index < -0.39 is 17.7 Å². The Morgan fingerprint density at radius 3 is 2.45 bits per heavy atom. The van der Waals surface area contributed by atoms with Crippen LogP contribution in [-0.4, -0.2) is 18.7 Å². The maximum absolute atomic E-state index is 11.7. The molecule has 2 rings (SSSR count). The Kier molecular flexibility index (Phi) is 3.76. The van der Waals surface area contributed by atoms with Crippen molar-refractivity contribution in [1.29, 1.82) is 10.5 Å². The summed E-state index contributed by atoms with van der Waals surface area (Å²) in [4.78, 5) is 11.7. The van der Waals surface area contributed by atoms with Gasteiger partial charge in [0.2, 0.25) is 0 Å². The summed E-state index contributed by atoms with van der Waals surface area (Å²) in [6, 6.07) is 10.2. The third kappa shape index (κ3) is 2.25. The minimum absolute atomic E-state index is 0.107. The SMILES string of the molecule is COC(=O)C1=C[C@@H](c2ccc(Cl)cc2)OC1(C#N)C#N. The first-order valence-corrected chi connectivity index (χ1v) is 6.00. The van der Waals surface area contributed by atoms with Crippen LogP contribution in [0.3, 0.4) is 0 Å². The number of halogens is 1.